The van der Waals surface area contributed by atoms with Crippen molar-refractivity contribution >= 4 is 22.4 Å². The zero-order valence-electron chi connectivity index (χ0n) is 12.6. The molecule has 0 saturated carbocycles. The topological polar surface area (TPSA) is 41.0 Å². The Balaban J connectivity index is 1.57. The number of para-hydroxylation sites is 2. The molecule has 116 valence electrons. The molecule has 1 aliphatic rings. The first-order chi connectivity index (χ1) is 11.3. The third-order valence-electron chi connectivity index (χ3n) is 4.23. The Bertz CT molecular complexity index is 822. The van der Waals surface area contributed by atoms with E-state index < -0.39 is 0 Å². The van der Waals surface area contributed by atoms with Crippen molar-refractivity contribution in [2.75, 3.05) is 23.3 Å². The predicted octanol–water partition coefficient (Wildman–Crippen LogP) is 3.46. The predicted molar refractivity (Wildman–Crippen MR) is 90.2 cm³/mol. The Morgan fingerprint density at radius 2 is 1.91 bits per heavy atom. The summed E-state index contributed by atoms with van der Waals surface area (Å²) < 4.78 is 13.9. The van der Waals surface area contributed by atoms with E-state index in [1.54, 1.807) is 6.07 Å². The van der Waals surface area contributed by atoms with Crippen molar-refractivity contribution in [3.8, 4) is 0 Å². The van der Waals surface area contributed by atoms with Gasteiger partial charge in [0.25, 0.3) is 0 Å². The lowest BCUT2D eigenvalue weighted by Crippen LogP contribution is -2.26. The highest BCUT2D eigenvalue weighted by atomic mass is 19.1. The Kier molecular flexibility index (Phi) is 3.54. The quantitative estimate of drug-likeness (QED) is 0.804. The van der Waals surface area contributed by atoms with Crippen molar-refractivity contribution in [3.63, 3.8) is 0 Å². The fraction of sp³-hybridized carbons (Fsp3) is 0.222. The number of anilines is 2. The zero-order chi connectivity index (χ0) is 15.6. The van der Waals surface area contributed by atoms with Crippen LogP contribution in [0.4, 0.5) is 15.9 Å². The maximum absolute atomic E-state index is 13.9. The standard InChI is InChI=1S/C18H17FN4/c19-16-8-4-7-15-17(16)20-12-21-18(15)23-10-9-14(11-23)22-13-5-2-1-3-6-13/h1-8,12,14,22H,9-11H2. The van der Waals surface area contributed by atoms with Gasteiger partial charge >= 0.3 is 0 Å². The number of hydrogen-bond donors (Lipinski definition) is 1. The van der Waals surface area contributed by atoms with Crippen molar-refractivity contribution in [2.24, 2.45) is 0 Å². The van der Waals surface area contributed by atoms with Gasteiger partial charge in [0, 0.05) is 30.2 Å². The Morgan fingerprint density at radius 1 is 1.04 bits per heavy atom. The van der Waals surface area contributed by atoms with Crippen LogP contribution in [-0.2, 0) is 0 Å². The van der Waals surface area contributed by atoms with Gasteiger partial charge in [-0.1, -0.05) is 24.3 Å². The number of rotatable bonds is 3. The Hall–Kier alpha value is -2.69. The van der Waals surface area contributed by atoms with Gasteiger partial charge in [-0.05, 0) is 30.7 Å². The third kappa shape index (κ3) is 2.70. The maximum atomic E-state index is 13.9. The van der Waals surface area contributed by atoms with Crippen LogP contribution >= 0.6 is 0 Å². The molecular formula is C18H17FN4. The molecule has 0 amide bonds. The monoisotopic (exact) mass is 308 g/mol. The summed E-state index contributed by atoms with van der Waals surface area (Å²) in [5, 5.41) is 4.31. The van der Waals surface area contributed by atoms with Crippen LogP contribution in [0.25, 0.3) is 10.9 Å². The highest BCUT2D eigenvalue weighted by Gasteiger charge is 2.25. The summed E-state index contributed by atoms with van der Waals surface area (Å²) in [6, 6.07) is 15.6. The van der Waals surface area contributed by atoms with Gasteiger partial charge in [0.1, 0.15) is 23.5 Å². The minimum Gasteiger partial charge on any atom is -0.380 e. The molecule has 5 heteroatoms. The summed E-state index contributed by atoms with van der Waals surface area (Å²) in [5.41, 5.74) is 1.51. The molecule has 0 aliphatic carbocycles. The fourth-order valence-corrected chi connectivity index (χ4v) is 3.13. The number of hydrogen-bond acceptors (Lipinski definition) is 4. The summed E-state index contributed by atoms with van der Waals surface area (Å²) in [7, 11) is 0. The first kappa shape index (κ1) is 13.9. The van der Waals surface area contributed by atoms with E-state index >= 15 is 0 Å². The molecule has 2 aromatic carbocycles. The van der Waals surface area contributed by atoms with E-state index in [2.05, 4.69) is 32.3 Å². The van der Waals surface area contributed by atoms with Crippen LogP contribution in [0.3, 0.4) is 0 Å². The second kappa shape index (κ2) is 5.83. The van der Waals surface area contributed by atoms with Crippen molar-refractivity contribution in [2.45, 2.75) is 12.5 Å². The lowest BCUT2D eigenvalue weighted by Gasteiger charge is -2.20. The summed E-state index contributed by atoms with van der Waals surface area (Å²) in [4.78, 5) is 10.7. The van der Waals surface area contributed by atoms with Crippen molar-refractivity contribution in [3.05, 3.63) is 60.7 Å². The average molecular weight is 308 g/mol. The van der Waals surface area contributed by atoms with E-state index in [4.69, 9.17) is 0 Å². The van der Waals surface area contributed by atoms with Gasteiger partial charge in [-0.2, -0.15) is 0 Å². The maximum Gasteiger partial charge on any atom is 0.149 e. The van der Waals surface area contributed by atoms with Crippen LogP contribution in [0.2, 0.25) is 0 Å². The highest BCUT2D eigenvalue weighted by Crippen LogP contribution is 2.28. The molecule has 0 radical (unpaired) electrons. The molecule has 4 nitrogen and oxygen atoms in total. The Labute approximate surface area is 134 Å². The zero-order valence-corrected chi connectivity index (χ0v) is 12.6. The fourth-order valence-electron chi connectivity index (χ4n) is 3.13. The van der Waals surface area contributed by atoms with Crippen LogP contribution in [0.5, 0.6) is 0 Å². The number of benzene rings is 2. The van der Waals surface area contributed by atoms with E-state index in [1.807, 2.05) is 24.3 Å². The lowest BCUT2D eigenvalue weighted by atomic mass is 10.2. The molecule has 1 atom stereocenters. The second-order valence-corrected chi connectivity index (χ2v) is 5.78. The second-order valence-electron chi connectivity index (χ2n) is 5.78. The average Bonchev–Trinajstić information content (AvgIpc) is 3.04. The minimum atomic E-state index is -0.302. The first-order valence-electron chi connectivity index (χ1n) is 7.77. The van der Waals surface area contributed by atoms with Gasteiger partial charge in [-0.3, -0.25) is 0 Å². The van der Waals surface area contributed by atoms with Crippen molar-refractivity contribution in [1.29, 1.82) is 0 Å². The van der Waals surface area contributed by atoms with Crippen LogP contribution in [0.15, 0.2) is 54.9 Å². The molecule has 1 unspecified atom stereocenters. The smallest absolute Gasteiger partial charge is 0.149 e. The van der Waals surface area contributed by atoms with Gasteiger partial charge in [-0.25, -0.2) is 14.4 Å². The molecule has 2 heterocycles. The van der Waals surface area contributed by atoms with Gasteiger partial charge in [0.15, 0.2) is 0 Å². The molecule has 23 heavy (non-hydrogen) atoms. The van der Waals surface area contributed by atoms with Crippen molar-refractivity contribution < 1.29 is 4.39 Å². The molecular weight excluding hydrogens is 291 g/mol. The molecule has 0 bridgehead atoms. The highest BCUT2D eigenvalue weighted by molar-refractivity contribution is 5.89. The number of nitrogens with one attached hydrogen (secondary N) is 1. The van der Waals surface area contributed by atoms with Crippen LogP contribution in [0, 0.1) is 5.82 Å². The molecule has 0 spiro atoms. The summed E-state index contributed by atoms with van der Waals surface area (Å²) in [6.07, 6.45) is 2.47. The van der Waals surface area contributed by atoms with E-state index in [9.17, 15) is 4.39 Å². The van der Waals surface area contributed by atoms with Crippen LogP contribution in [-0.4, -0.2) is 29.1 Å². The first-order valence-corrected chi connectivity index (χ1v) is 7.77. The third-order valence-corrected chi connectivity index (χ3v) is 4.23. The minimum absolute atomic E-state index is 0.302. The molecule has 1 N–H and O–H groups in total. The molecule has 1 aromatic heterocycles. The summed E-state index contributed by atoms with van der Waals surface area (Å²) >= 11 is 0. The van der Waals surface area contributed by atoms with E-state index in [1.165, 1.54) is 12.4 Å². The van der Waals surface area contributed by atoms with Crippen LogP contribution < -0.4 is 10.2 Å². The molecule has 3 aromatic rings. The number of fused-ring (bicyclic) bond motifs is 1. The number of halogens is 1. The SMILES string of the molecule is Fc1cccc2c(N3CCC(Nc4ccccc4)C3)ncnc12. The molecule has 1 saturated heterocycles. The molecule has 4 rings (SSSR count). The van der Waals surface area contributed by atoms with Gasteiger partial charge < -0.3 is 10.2 Å². The number of nitrogens with zero attached hydrogens (tertiary/aromatic N) is 3. The largest absolute Gasteiger partial charge is 0.380 e. The van der Waals surface area contributed by atoms with E-state index in [-0.39, 0.29) is 5.82 Å². The Morgan fingerprint density at radius 3 is 2.78 bits per heavy atom. The van der Waals surface area contributed by atoms with Gasteiger partial charge in [0.05, 0.1) is 0 Å². The number of aromatic nitrogens is 2. The van der Waals surface area contributed by atoms with E-state index in [0.717, 1.165) is 36.4 Å². The van der Waals surface area contributed by atoms with E-state index in [0.29, 0.717) is 11.6 Å². The van der Waals surface area contributed by atoms with Crippen molar-refractivity contribution in [1.82, 2.24) is 9.97 Å². The lowest BCUT2D eigenvalue weighted by molar-refractivity contribution is 0.636. The van der Waals surface area contributed by atoms with Gasteiger partial charge in [0.2, 0.25) is 0 Å². The van der Waals surface area contributed by atoms with Crippen LogP contribution in [0.1, 0.15) is 6.42 Å². The normalized spacial score (nSPS) is 17.6. The summed E-state index contributed by atoms with van der Waals surface area (Å²) in [5.74, 6) is 0.510. The molecule has 1 fully saturated rings. The summed E-state index contributed by atoms with van der Waals surface area (Å²) in [6.45, 7) is 1.74. The molecule has 1 aliphatic heterocycles. The van der Waals surface area contributed by atoms with Gasteiger partial charge in [-0.15, -0.1) is 0 Å².